The van der Waals surface area contributed by atoms with E-state index in [1.54, 1.807) is 16.8 Å². The van der Waals surface area contributed by atoms with Crippen molar-refractivity contribution in [2.75, 3.05) is 5.32 Å². The minimum atomic E-state index is -0.221. The van der Waals surface area contributed by atoms with Gasteiger partial charge in [-0.25, -0.2) is 0 Å². The Labute approximate surface area is 192 Å². The molecule has 4 aromatic rings. The van der Waals surface area contributed by atoms with Crippen molar-refractivity contribution in [3.63, 3.8) is 0 Å². The van der Waals surface area contributed by atoms with Crippen LogP contribution in [0.4, 0.5) is 5.82 Å². The molecule has 3 aromatic carbocycles. The molecule has 0 spiro atoms. The fourth-order valence-corrected chi connectivity index (χ4v) is 3.44. The summed E-state index contributed by atoms with van der Waals surface area (Å²) in [6.07, 6.45) is 1.85. The van der Waals surface area contributed by atoms with E-state index in [0.29, 0.717) is 35.3 Å². The second-order valence-corrected chi connectivity index (χ2v) is 8.17. The number of nitrogens with one attached hydrogen (secondary N) is 1. The molecular weight excluding hydrogens is 422 g/mol. The normalized spacial score (nSPS) is 10.7. The fraction of sp³-hybridized carbons (Fsp3) is 0.154. The SMILES string of the molecule is Cc1ccc(Cn2ccc(NC(=O)c3cccc(COc4cc(C)ccc4Cl)c3)n2)cc1. The Morgan fingerprint density at radius 3 is 2.56 bits per heavy atom. The standard InChI is InChI=1S/C26H24ClN3O2/c1-18-6-9-20(10-7-18)16-30-13-12-25(29-30)28-26(31)22-5-3-4-21(15-22)17-32-24-14-19(2)8-11-23(24)27/h3-15H,16-17H2,1-2H3,(H,28,29,31). The van der Waals surface area contributed by atoms with Crippen LogP contribution in [0.25, 0.3) is 0 Å². The van der Waals surface area contributed by atoms with E-state index in [9.17, 15) is 4.79 Å². The second-order valence-electron chi connectivity index (χ2n) is 7.76. The molecular formula is C26H24ClN3O2. The van der Waals surface area contributed by atoms with Gasteiger partial charge in [-0.05, 0) is 54.8 Å². The number of carbonyl (C=O) groups excluding carboxylic acids is 1. The summed E-state index contributed by atoms with van der Waals surface area (Å²) in [5, 5.41) is 7.87. The molecule has 0 saturated heterocycles. The van der Waals surface area contributed by atoms with Crippen LogP contribution in [-0.2, 0) is 13.2 Å². The highest BCUT2D eigenvalue weighted by molar-refractivity contribution is 6.32. The highest BCUT2D eigenvalue weighted by atomic mass is 35.5. The van der Waals surface area contributed by atoms with Crippen LogP contribution in [0, 0.1) is 13.8 Å². The lowest BCUT2D eigenvalue weighted by molar-refractivity contribution is 0.102. The largest absolute Gasteiger partial charge is 0.487 e. The third-order valence-corrected chi connectivity index (χ3v) is 5.33. The Balaban J connectivity index is 1.38. The van der Waals surface area contributed by atoms with E-state index < -0.39 is 0 Å². The molecule has 4 rings (SSSR count). The average molecular weight is 446 g/mol. The zero-order valence-electron chi connectivity index (χ0n) is 18.0. The topological polar surface area (TPSA) is 56.2 Å². The quantitative estimate of drug-likeness (QED) is 0.377. The van der Waals surface area contributed by atoms with Crippen LogP contribution in [0.2, 0.25) is 5.02 Å². The van der Waals surface area contributed by atoms with Gasteiger partial charge in [0, 0.05) is 17.8 Å². The molecule has 0 fully saturated rings. The van der Waals surface area contributed by atoms with Gasteiger partial charge < -0.3 is 10.1 Å². The maximum absolute atomic E-state index is 12.7. The predicted molar refractivity (Wildman–Crippen MR) is 127 cm³/mol. The lowest BCUT2D eigenvalue weighted by Gasteiger charge is -2.10. The number of ether oxygens (including phenoxy) is 1. The van der Waals surface area contributed by atoms with Gasteiger partial charge in [-0.1, -0.05) is 59.6 Å². The molecule has 0 radical (unpaired) electrons. The summed E-state index contributed by atoms with van der Waals surface area (Å²) in [5.74, 6) is 0.914. The van der Waals surface area contributed by atoms with Gasteiger partial charge in [0.25, 0.3) is 5.91 Å². The van der Waals surface area contributed by atoms with Crippen LogP contribution >= 0.6 is 11.6 Å². The number of amides is 1. The van der Waals surface area contributed by atoms with Gasteiger partial charge in [-0.3, -0.25) is 9.48 Å². The molecule has 5 nitrogen and oxygen atoms in total. The summed E-state index contributed by atoms with van der Waals surface area (Å²) in [6, 6.07) is 23.1. The number of anilines is 1. The van der Waals surface area contributed by atoms with Gasteiger partial charge in [-0.2, -0.15) is 5.10 Å². The molecule has 0 aliphatic heterocycles. The molecule has 1 heterocycles. The third kappa shape index (κ3) is 5.56. The van der Waals surface area contributed by atoms with E-state index in [1.807, 2.05) is 49.5 Å². The molecule has 162 valence electrons. The minimum absolute atomic E-state index is 0.221. The zero-order chi connectivity index (χ0) is 22.5. The van der Waals surface area contributed by atoms with Gasteiger partial charge in [-0.15, -0.1) is 0 Å². The lowest BCUT2D eigenvalue weighted by Crippen LogP contribution is -2.13. The zero-order valence-corrected chi connectivity index (χ0v) is 18.8. The predicted octanol–water partition coefficient (Wildman–Crippen LogP) is 6.03. The summed E-state index contributed by atoms with van der Waals surface area (Å²) in [7, 11) is 0. The maximum Gasteiger partial charge on any atom is 0.256 e. The van der Waals surface area contributed by atoms with E-state index in [2.05, 4.69) is 41.6 Å². The molecule has 0 bridgehead atoms. The van der Waals surface area contributed by atoms with Gasteiger partial charge in [0.15, 0.2) is 5.82 Å². The van der Waals surface area contributed by atoms with Gasteiger partial charge in [0.1, 0.15) is 12.4 Å². The first-order valence-electron chi connectivity index (χ1n) is 10.3. The summed E-state index contributed by atoms with van der Waals surface area (Å²) in [4.78, 5) is 12.7. The van der Waals surface area contributed by atoms with E-state index in [1.165, 1.54) is 5.56 Å². The van der Waals surface area contributed by atoms with Crippen LogP contribution in [0.5, 0.6) is 5.75 Å². The van der Waals surface area contributed by atoms with Gasteiger partial charge in [0.05, 0.1) is 11.6 Å². The number of carbonyl (C=O) groups is 1. The first kappa shape index (κ1) is 21.7. The van der Waals surface area contributed by atoms with Gasteiger partial charge >= 0.3 is 0 Å². The number of benzene rings is 3. The first-order valence-corrected chi connectivity index (χ1v) is 10.7. The van der Waals surface area contributed by atoms with Crippen molar-refractivity contribution < 1.29 is 9.53 Å². The van der Waals surface area contributed by atoms with Crippen molar-refractivity contribution in [1.82, 2.24) is 9.78 Å². The molecule has 0 aliphatic rings. The first-order chi connectivity index (χ1) is 15.5. The number of hydrogen-bond acceptors (Lipinski definition) is 3. The van der Waals surface area contributed by atoms with Gasteiger partial charge in [0.2, 0.25) is 0 Å². The highest BCUT2D eigenvalue weighted by Gasteiger charge is 2.10. The number of nitrogens with zero attached hydrogens (tertiary/aromatic N) is 2. The lowest BCUT2D eigenvalue weighted by atomic mass is 10.1. The summed E-state index contributed by atoms with van der Waals surface area (Å²) in [5.41, 5.74) is 4.85. The van der Waals surface area contributed by atoms with E-state index in [-0.39, 0.29) is 5.91 Å². The average Bonchev–Trinajstić information content (AvgIpc) is 3.23. The molecule has 0 aliphatic carbocycles. The van der Waals surface area contributed by atoms with Crippen molar-refractivity contribution in [2.24, 2.45) is 0 Å². The molecule has 6 heteroatoms. The number of aromatic nitrogens is 2. The van der Waals surface area contributed by atoms with E-state index in [0.717, 1.165) is 16.7 Å². The molecule has 0 unspecified atom stereocenters. The molecule has 32 heavy (non-hydrogen) atoms. The van der Waals surface area contributed by atoms with Crippen LogP contribution in [-0.4, -0.2) is 15.7 Å². The Morgan fingerprint density at radius 2 is 1.75 bits per heavy atom. The Kier molecular flexibility index (Phi) is 6.57. The van der Waals surface area contributed by atoms with Crippen molar-refractivity contribution in [1.29, 1.82) is 0 Å². The van der Waals surface area contributed by atoms with E-state index >= 15 is 0 Å². The third-order valence-electron chi connectivity index (χ3n) is 5.02. The number of hydrogen-bond donors (Lipinski definition) is 1. The summed E-state index contributed by atoms with van der Waals surface area (Å²) < 4.78 is 7.65. The van der Waals surface area contributed by atoms with Crippen LogP contribution in [0.1, 0.15) is 32.6 Å². The Morgan fingerprint density at radius 1 is 0.969 bits per heavy atom. The molecule has 1 N–H and O–H groups in total. The molecule has 0 atom stereocenters. The minimum Gasteiger partial charge on any atom is -0.487 e. The van der Waals surface area contributed by atoms with Crippen LogP contribution < -0.4 is 10.1 Å². The highest BCUT2D eigenvalue weighted by Crippen LogP contribution is 2.26. The van der Waals surface area contributed by atoms with E-state index in [4.69, 9.17) is 16.3 Å². The smallest absolute Gasteiger partial charge is 0.256 e. The summed E-state index contributed by atoms with van der Waals surface area (Å²) in [6.45, 7) is 5.00. The van der Waals surface area contributed by atoms with Crippen LogP contribution in [0.15, 0.2) is 79.0 Å². The summed E-state index contributed by atoms with van der Waals surface area (Å²) >= 11 is 6.20. The number of aryl methyl sites for hydroxylation is 2. The molecule has 0 saturated carbocycles. The van der Waals surface area contributed by atoms with Crippen molar-refractivity contribution in [3.05, 3.63) is 112 Å². The molecule has 1 amide bonds. The maximum atomic E-state index is 12.7. The fourth-order valence-electron chi connectivity index (χ4n) is 3.27. The Hall–Kier alpha value is -3.57. The van der Waals surface area contributed by atoms with Crippen molar-refractivity contribution in [2.45, 2.75) is 27.0 Å². The van der Waals surface area contributed by atoms with Crippen molar-refractivity contribution in [3.8, 4) is 5.75 Å². The Bertz CT molecular complexity index is 1230. The van der Waals surface area contributed by atoms with Crippen molar-refractivity contribution >= 4 is 23.3 Å². The molecule has 1 aromatic heterocycles. The monoisotopic (exact) mass is 445 g/mol. The number of rotatable bonds is 7. The number of halogens is 1. The van der Waals surface area contributed by atoms with Crippen LogP contribution in [0.3, 0.4) is 0 Å². The second kappa shape index (κ2) is 9.71.